The quantitative estimate of drug-likeness (QED) is 0.878. The summed E-state index contributed by atoms with van der Waals surface area (Å²) in [5.41, 5.74) is 1.12. The summed E-state index contributed by atoms with van der Waals surface area (Å²) in [6.45, 7) is 1.99. The fraction of sp³-hybridized carbons (Fsp3) is 0.267. The number of thioether (sulfide) groups is 1. The van der Waals surface area contributed by atoms with E-state index in [0.29, 0.717) is 5.75 Å². The summed E-state index contributed by atoms with van der Waals surface area (Å²) < 4.78 is 5.21. The van der Waals surface area contributed by atoms with E-state index in [-0.39, 0.29) is 11.9 Å². The molecule has 3 nitrogen and oxygen atoms in total. The fourth-order valence-electron chi connectivity index (χ4n) is 1.75. The number of hydrogen-bond acceptors (Lipinski definition) is 3. The van der Waals surface area contributed by atoms with Gasteiger partial charge in [0.05, 0.1) is 23.8 Å². The van der Waals surface area contributed by atoms with Crippen molar-refractivity contribution >= 4 is 17.7 Å². The Balaban J connectivity index is 1.72. The SMILES string of the molecule is C[C@@H](NC(=O)CSCc1ccco1)c1ccccc1. The molecule has 0 saturated carbocycles. The molecule has 0 aliphatic heterocycles. The Morgan fingerprint density at radius 3 is 2.74 bits per heavy atom. The van der Waals surface area contributed by atoms with Crippen molar-refractivity contribution in [3.05, 3.63) is 60.1 Å². The summed E-state index contributed by atoms with van der Waals surface area (Å²) in [4.78, 5) is 11.8. The van der Waals surface area contributed by atoms with Crippen LogP contribution in [-0.2, 0) is 10.5 Å². The maximum absolute atomic E-state index is 11.8. The van der Waals surface area contributed by atoms with Gasteiger partial charge in [-0.2, -0.15) is 0 Å². The second-order valence-corrected chi connectivity index (χ2v) is 5.26. The van der Waals surface area contributed by atoms with Crippen LogP contribution >= 0.6 is 11.8 Å². The number of nitrogens with one attached hydrogen (secondary N) is 1. The summed E-state index contributed by atoms with van der Waals surface area (Å²) in [7, 11) is 0. The van der Waals surface area contributed by atoms with Crippen LogP contribution in [0.5, 0.6) is 0 Å². The molecule has 1 aromatic heterocycles. The lowest BCUT2D eigenvalue weighted by atomic mass is 10.1. The molecule has 0 aliphatic carbocycles. The summed E-state index contributed by atoms with van der Waals surface area (Å²) in [5.74, 6) is 2.11. The highest BCUT2D eigenvalue weighted by atomic mass is 32.2. The molecule has 0 bridgehead atoms. The third-order valence-corrected chi connectivity index (χ3v) is 3.69. The van der Waals surface area contributed by atoms with Crippen LogP contribution in [0.1, 0.15) is 24.3 Å². The lowest BCUT2D eigenvalue weighted by molar-refractivity contribution is -0.119. The third kappa shape index (κ3) is 4.48. The molecule has 0 unspecified atom stereocenters. The molecule has 1 atom stereocenters. The van der Waals surface area contributed by atoms with E-state index in [1.807, 2.05) is 49.4 Å². The molecule has 1 aromatic carbocycles. The van der Waals surface area contributed by atoms with Gasteiger partial charge in [-0.1, -0.05) is 30.3 Å². The molecule has 0 fully saturated rings. The van der Waals surface area contributed by atoms with Crippen LogP contribution < -0.4 is 5.32 Å². The first-order chi connectivity index (χ1) is 9.25. The maximum Gasteiger partial charge on any atom is 0.230 e. The lowest BCUT2D eigenvalue weighted by Crippen LogP contribution is -2.28. The van der Waals surface area contributed by atoms with E-state index in [9.17, 15) is 4.79 Å². The molecule has 2 aromatic rings. The van der Waals surface area contributed by atoms with Crippen LogP contribution in [0, 0.1) is 0 Å². The van der Waals surface area contributed by atoms with Crippen molar-refractivity contribution in [3.63, 3.8) is 0 Å². The molecule has 2 rings (SSSR count). The third-order valence-electron chi connectivity index (χ3n) is 2.73. The molecule has 1 N–H and O–H groups in total. The van der Waals surface area contributed by atoms with Crippen LogP contribution in [-0.4, -0.2) is 11.7 Å². The fourth-order valence-corrected chi connectivity index (χ4v) is 2.48. The van der Waals surface area contributed by atoms with Gasteiger partial charge in [-0.05, 0) is 24.6 Å². The largest absolute Gasteiger partial charge is 0.468 e. The first-order valence-electron chi connectivity index (χ1n) is 6.20. The molecule has 0 radical (unpaired) electrons. The van der Waals surface area contributed by atoms with Crippen LogP contribution in [0.2, 0.25) is 0 Å². The predicted octanol–water partition coefficient (Wildman–Crippen LogP) is 3.39. The van der Waals surface area contributed by atoms with Gasteiger partial charge in [-0.25, -0.2) is 0 Å². The molecule has 0 aliphatic rings. The first kappa shape index (κ1) is 13.7. The lowest BCUT2D eigenvalue weighted by Gasteiger charge is -2.13. The normalized spacial score (nSPS) is 12.1. The second kappa shape index (κ2) is 7.04. The number of hydrogen-bond donors (Lipinski definition) is 1. The van der Waals surface area contributed by atoms with E-state index in [1.165, 1.54) is 0 Å². The zero-order valence-corrected chi connectivity index (χ0v) is 11.7. The summed E-state index contributed by atoms with van der Waals surface area (Å²) in [6.07, 6.45) is 1.65. The zero-order chi connectivity index (χ0) is 13.5. The Kier molecular flexibility index (Phi) is 5.10. The van der Waals surface area contributed by atoms with E-state index in [2.05, 4.69) is 5.32 Å². The van der Waals surface area contributed by atoms with Crippen molar-refractivity contribution in [1.82, 2.24) is 5.32 Å². The van der Waals surface area contributed by atoms with E-state index in [1.54, 1.807) is 18.0 Å². The van der Waals surface area contributed by atoms with Crippen molar-refractivity contribution in [2.24, 2.45) is 0 Å². The van der Waals surface area contributed by atoms with Gasteiger partial charge >= 0.3 is 0 Å². The minimum Gasteiger partial charge on any atom is -0.468 e. The van der Waals surface area contributed by atoms with Gasteiger partial charge in [0.2, 0.25) is 5.91 Å². The van der Waals surface area contributed by atoms with Crippen LogP contribution in [0.25, 0.3) is 0 Å². The molecule has 1 heterocycles. The molecule has 19 heavy (non-hydrogen) atoms. The molecule has 1 amide bonds. The van der Waals surface area contributed by atoms with E-state index in [4.69, 9.17) is 4.42 Å². The predicted molar refractivity (Wildman–Crippen MR) is 77.9 cm³/mol. The smallest absolute Gasteiger partial charge is 0.230 e. The minimum absolute atomic E-state index is 0.0397. The number of furan rings is 1. The number of carbonyl (C=O) groups excluding carboxylic acids is 1. The summed E-state index contributed by atoms with van der Waals surface area (Å²) in [6, 6.07) is 13.8. The molecule has 0 spiro atoms. The topological polar surface area (TPSA) is 42.2 Å². The zero-order valence-electron chi connectivity index (χ0n) is 10.8. The van der Waals surface area contributed by atoms with Gasteiger partial charge in [0.1, 0.15) is 5.76 Å². The van der Waals surface area contributed by atoms with Gasteiger partial charge in [0, 0.05) is 0 Å². The Morgan fingerprint density at radius 2 is 2.05 bits per heavy atom. The summed E-state index contributed by atoms with van der Waals surface area (Å²) in [5, 5.41) is 2.99. The van der Waals surface area contributed by atoms with Crippen molar-refractivity contribution < 1.29 is 9.21 Å². The first-order valence-corrected chi connectivity index (χ1v) is 7.35. The number of rotatable bonds is 6. The Hall–Kier alpha value is -1.68. The van der Waals surface area contributed by atoms with Gasteiger partial charge in [-0.15, -0.1) is 11.8 Å². The van der Waals surface area contributed by atoms with Crippen LogP contribution in [0.4, 0.5) is 0 Å². The van der Waals surface area contributed by atoms with Crippen molar-refractivity contribution in [2.75, 3.05) is 5.75 Å². The minimum atomic E-state index is 0.0397. The highest BCUT2D eigenvalue weighted by Gasteiger charge is 2.09. The molecule has 0 saturated heterocycles. The van der Waals surface area contributed by atoms with E-state index >= 15 is 0 Å². The highest BCUT2D eigenvalue weighted by Crippen LogP contribution is 2.14. The Bertz CT molecular complexity index is 496. The monoisotopic (exact) mass is 275 g/mol. The van der Waals surface area contributed by atoms with E-state index < -0.39 is 0 Å². The van der Waals surface area contributed by atoms with E-state index in [0.717, 1.165) is 17.1 Å². The average Bonchev–Trinajstić information content (AvgIpc) is 2.93. The Morgan fingerprint density at radius 1 is 1.26 bits per heavy atom. The van der Waals surface area contributed by atoms with Gasteiger partial charge in [-0.3, -0.25) is 4.79 Å². The highest BCUT2D eigenvalue weighted by molar-refractivity contribution is 7.99. The van der Waals surface area contributed by atoms with Gasteiger partial charge < -0.3 is 9.73 Å². The number of benzene rings is 1. The van der Waals surface area contributed by atoms with Crippen LogP contribution in [0.3, 0.4) is 0 Å². The van der Waals surface area contributed by atoms with Crippen molar-refractivity contribution in [3.8, 4) is 0 Å². The van der Waals surface area contributed by atoms with Crippen LogP contribution in [0.15, 0.2) is 53.1 Å². The standard InChI is InChI=1S/C15H17NO2S/c1-12(13-6-3-2-4-7-13)16-15(17)11-19-10-14-8-5-9-18-14/h2-9,12H,10-11H2,1H3,(H,16,17)/t12-/m1/s1. The van der Waals surface area contributed by atoms with Crippen molar-refractivity contribution in [2.45, 2.75) is 18.7 Å². The summed E-state index contributed by atoms with van der Waals surface area (Å²) >= 11 is 1.55. The molecular formula is C15H17NO2S. The molecule has 4 heteroatoms. The maximum atomic E-state index is 11.8. The Labute approximate surface area is 117 Å². The molecule has 100 valence electrons. The molecular weight excluding hydrogens is 258 g/mol. The van der Waals surface area contributed by atoms with Gasteiger partial charge in [0.25, 0.3) is 0 Å². The second-order valence-electron chi connectivity index (χ2n) is 4.27. The van der Waals surface area contributed by atoms with Gasteiger partial charge in [0.15, 0.2) is 0 Å². The van der Waals surface area contributed by atoms with Crippen molar-refractivity contribution in [1.29, 1.82) is 0 Å². The average molecular weight is 275 g/mol. The number of amides is 1. The number of carbonyl (C=O) groups is 1.